The van der Waals surface area contributed by atoms with Gasteiger partial charge in [0.1, 0.15) is 17.3 Å². The van der Waals surface area contributed by atoms with Gasteiger partial charge in [-0.05, 0) is 6.07 Å². The van der Waals surface area contributed by atoms with Gasteiger partial charge in [0, 0.05) is 6.20 Å². The van der Waals surface area contributed by atoms with E-state index in [1.54, 1.807) is 0 Å². The van der Waals surface area contributed by atoms with Gasteiger partial charge < -0.3 is 4.74 Å². The molecule has 0 atom stereocenters. The number of hydrogen-bond acceptors (Lipinski definition) is 8. The number of alkyl halides is 3. The van der Waals surface area contributed by atoms with Gasteiger partial charge in [-0.1, -0.05) is 0 Å². The Morgan fingerprint density at radius 1 is 1.00 bits per heavy atom. The molecule has 144 valence electrons. The van der Waals surface area contributed by atoms with Crippen LogP contribution in [0.3, 0.4) is 0 Å². The third-order valence-corrected chi connectivity index (χ3v) is 3.87. The highest BCUT2D eigenvalue weighted by Gasteiger charge is 2.32. The largest absolute Gasteiger partial charge is 0.480 e. The molecule has 9 nitrogen and oxygen atoms in total. The monoisotopic (exact) mass is 398 g/mol. The van der Waals surface area contributed by atoms with E-state index in [2.05, 4.69) is 29.9 Å². The quantitative estimate of drug-likeness (QED) is 0.517. The maximum absolute atomic E-state index is 13.1. The minimum atomic E-state index is -4.57. The highest BCUT2D eigenvalue weighted by atomic mass is 19.4. The molecule has 0 fully saturated rings. The summed E-state index contributed by atoms with van der Waals surface area (Å²) >= 11 is 0. The first kappa shape index (κ1) is 18.2. The minimum Gasteiger partial charge on any atom is -0.480 e. The Morgan fingerprint density at radius 3 is 2.41 bits per heavy atom. The van der Waals surface area contributed by atoms with Crippen molar-refractivity contribution in [3.05, 3.63) is 48.3 Å². The van der Waals surface area contributed by atoms with Crippen molar-refractivity contribution in [1.29, 1.82) is 5.26 Å². The van der Waals surface area contributed by atoms with E-state index in [0.717, 1.165) is 6.07 Å². The molecule has 4 aromatic rings. The van der Waals surface area contributed by atoms with Crippen LogP contribution in [0.25, 0.3) is 28.5 Å². The van der Waals surface area contributed by atoms with E-state index in [4.69, 9.17) is 10.00 Å². The van der Waals surface area contributed by atoms with E-state index < -0.39 is 11.7 Å². The van der Waals surface area contributed by atoms with Crippen LogP contribution in [-0.2, 0) is 6.18 Å². The molecule has 0 aliphatic carbocycles. The van der Waals surface area contributed by atoms with Crippen LogP contribution in [0, 0.1) is 11.3 Å². The van der Waals surface area contributed by atoms with E-state index in [-0.39, 0.29) is 40.1 Å². The standard InChI is InChI=1S/C17H9F3N8O/c1-29-14-8-24-13(7-25-14)28-15-11(2-9(4-26-15)17(18,19)20)27-16(28)12-6-22-10(3-21)5-23-12/h2,4-8H,1H3. The zero-order chi connectivity index (χ0) is 20.6. The van der Waals surface area contributed by atoms with Crippen LogP contribution >= 0.6 is 0 Å². The third kappa shape index (κ3) is 3.29. The molecular weight excluding hydrogens is 389 g/mol. The fourth-order valence-electron chi connectivity index (χ4n) is 2.54. The molecule has 0 radical (unpaired) electrons. The average molecular weight is 398 g/mol. The van der Waals surface area contributed by atoms with Gasteiger partial charge in [0.15, 0.2) is 23.0 Å². The topological polar surface area (TPSA) is 115 Å². The Labute approximate surface area is 160 Å². The van der Waals surface area contributed by atoms with E-state index in [1.807, 2.05) is 6.07 Å². The lowest BCUT2D eigenvalue weighted by Crippen LogP contribution is -2.06. The molecule has 0 spiro atoms. The highest BCUT2D eigenvalue weighted by Crippen LogP contribution is 2.32. The van der Waals surface area contributed by atoms with Gasteiger partial charge in [-0.25, -0.2) is 29.9 Å². The van der Waals surface area contributed by atoms with E-state index in [1.165, 1.54) is 36.5 Å². The van der Waals surface area contributed by atoms with Crippen molar-refractivity contribution in [2.24, 2.45) is 0 Å². The molecular formula is C17H9F3N8O. The number of fused-ring (bicyclic) bond motifs is 1. The zero-order valence-corrected chi connectivity index (χ0v) is 14.6. The van der Waals surface area contributed by atoms with Crippen LogP contribution in [0.5, 0.6) is 5.88 Å². The number of hydrogen-bond donors (Lipinski definition) is 0. The van der Waals surface area contributed by atoms with Crippen molar-refractivity contribution in [1.82, 2.24) is 34.5 Å². The van der Waals surface area contributed by atoms with Crippen LogP contribution in [-0.4, -0.2) is 41.6 Å². The summed E-state index contributed by atoms with van der Waals surface area (Å²) in [6, 6.07) is 2.73. The van der Waals surface area contributed by atoms with E-state index in [0.29, 0.717) is 6.20 Å². The molecule has 0 bridgehead atoms. The molecule has 0 aromatic carbocycles. The van der Waals surface area contributed by atoms with Gasteiger partial charge in [0.05, 0.1) is 37.5 Å². The van der Waals surface area contributed by atoms with Crippen LogP contribution in [0.1, 0.15) is 11.3 Å². The van der Waals surface area contributed by atoms with Gasteiger partial charge in [0.25, 0.3) is 0 Å². The number of ether oxygens (including phenoxy) is 1. The summed E-state index contributed by atoms with van der Waals surface area (Å²) in [5.74, 6) is 0.634. The summed E-state index contributed by atoms with van der Waals surface area (Å²) < 4.78 is 45.6. The van der Waals surface area contributed by atoms with E-state index >= 15 is 0 Å². The van der Waals surface area contributed by atoms with Gasteiger partial charge in [-0.2, -0.15) is 18.4 Å². The maximum Gasteiger partial charge on any atom is 0.417 e. The van der Waals surface area contributed by atoms with Crippen molar-refractivity contribution in [2.75, 3.05) is 7.11 Å². The number of methoxy groups -OCH3 is 1. The molecule has 12 heteroatoms. The highest BCUT2D eigenvalue weighted by molar-refractivity contribution is 5.79. The smallest absolute Gasteiger partial charge is 0.417 e. The number of aromatic nitrogens is 7. The lowest BCUT2D eigenvalue weighted by molar-refractivity contribution is -0.137. The fraction of sp³-hybridized carbons (Fsp3) is 0.118. The first-order chi connectivity index (χ1) is 13.9. The second-order valence-corrected chi connectivity index (χ2v) is 5.65. The van der Waals surface area contributed by atoms with E-state index in [9.17, 15) is 13.2 Å². The fourth-order valence-corrected chi connectivity index (χ4v) is 2.54. The molecule has 0 saturated carbocycles. The van der Waals surface area contributed by atoms with Crippen LogP contribution < -0.4 is 4.74 Å². The Balaban J connectivity index is 1.97. The summed E-state index contributed by atoms with van der Waals surface area (Å²) in [6.45, 7) is 0. The zero-order valence-electron chi connectivity index (χ0n) is 14.6. The Kier molecular flexibility index (Phi) is 4.27. The first-order valence-electron chi connectivity index (χ1n) is 7.95. The predicted molar refractivity (Wildman–Crippen MR) is 91.8 cm³/mol. The van der Waals surface area contributed by atoms with Crippen LogP contribution in [0.4, 0.5) is 13.2 Å². The maximum atomic E-state index is 13.1. The normalized spacial score (nSPS) is 11.4. The average Bonchev–Trinajstić information content (AvgIpc) is 3.12. The third-order valence-electron chi connectivity index (χ3n) is 3.87. The predicted octanol–water partition coefficient (Wildman–Crippen LogP) is 2.57. The summed E-state index contributed by atoms with van der Waals surface area (Å²) in [4.78, 5) is 24.5. The summed E-state index contributed by atoms with van der Waals surface area (Å²) in [6.07, 6.45) is 1.37. The molecule has 29 heavy (non-hydrogen) atoms. The van der Waals surface area contributed by atoms with Gasteiger partial charge in [0.2, 0.25) is 5.88 Å². The van der Waals surface area contributed by atoms with Crippen molar-refractivity contribution in [3.8, 4) is 29.3 Å². The van der Waals surface area contributed by atoms with Gasteiger partial charge in [-0.15, -0.1) is 0 Å². The van der Waals surface area contributed by atoms with Crippen molar-refractivity contribution in [3.63, 3.8) is 0 Å². The Bertz CT molecular complexity index is 1230. The molecule has 0 N–H and O–H groups in total. The lowest BCUT2D eigenvalue weighted by atomic mass is 10.2. The Hall–Kier alpha value is -4.14. The molecule has 0 unspecified atom stereocenters. The van der Waals surface area contributed by atoms with Crippen LogP contribution in [0.15, 0.2) is 37.1 Å². The lowest BCUT2D eigenvalue weighted by Gasteiger charge is -2.08. The number of pyridine rings is 1. The molecule has 0 saturated heterocycles. The van der Waals surface area contributed by atoms with Crippen molar-refractivity contribution < 1.29 is 17.9 Å². The second-order valence-electron chi connectivity index (χ2n) is 5.65. The second kappa shape index (κ2) is 6.79. The molecule has 4 aromatic heterocycles. The number of rotatable bonds is 3. The van der Waals surface area contributed by atoms with Crippen molar-refractivity contribution in [2.45, 2.75) is 6.18 Å². The summed E-state index contributed by atoms with van der Waals surface area (Å²) in [5, 5.41) is 8.88. The molecule has 4 rings (SSSR count). The number of nitrogens with zero attached hydrogens (tertiary/aromatic N) is 8. The number of halogens is 3. The summed E-state index contributed by atoms with van der Waals surface area (Å²) in [5.41, 5.74) is -0.531. The SMILES string of the molecule is COc1cnc(-n2c(-c3cnc(C#N)cn3)nc3cc(C(F)(F)F)cnc32)cn1. The molecule has 0 amide bonds. The van der Waals surface area contributed by atoms with Gasteiger partial charge in [-0.3, -0.25) is 4.57 Å². The summed E-state index contributed by atoms with van der Waals surface area (Å²) in [7, 11) is 1.42. The number of imidazole rings is 1. The van der Waals surface area contributed by atoms with Crippen molar-refractivity contribution >= 4 is 11.2 Å². The van der Waals surface area contributed by atoms with Gasteiger partial charge >= 0.3 is 6.18 Å². The molecule has 0 aliphatic heterocycles. The van der Waals surface area contributed by atoms with Crippen LogP contribution in [0.2, 0.25) is 0 Å². The minimum absolute atomic E-state index is 0.0152. The number of nitriles is 1. The molecule has 0 aliphatic rings. The molecule has 4 heterocycles. The Morgan fingerprint density at radius 2 is 1.83 bits per heavy atom. The first-order valence-corrected chi connectivity index (χ1v) is 7.95.